The van der Waals surface area contributed by atoms with E-state index in [2.05, 4.69) is 17.5 Å². The lowest BCUT2D eigenvalue weighted by atomic mass is 10.1. The van der Waals surface area contributed by atoms with Crippen LogP contribution in [0.15, 0.2) is 53.9 Å². The largest absolute Gasteiger partial charge is 0.426 e. The molecule has 2 aliphatic rings. The van der Waals surface area contributed by atoms with Crippen molar-refractivity contribution in [2.75, 3.05) is 0 Å². The minimum absolute atomic E-state index is 0.295. The average Bonchev–Trinajstić information content (AvgIpc) is 2.97. The molecule has 0 bridgehead atoms. The molecule has 0 radical (unpaired) electrons. The highest BCUT2D eigenvalue weighted by molar-refractivity contribution is 7.13. The Labute approximate surface area is 115 Å². The molecule has 2 nitrogen and oxygen atoms in total. The standard InChI is InChI=1S/C16H12O2S/c1-11(17)18-15-9-8-12-13(15)5-2-3-6-14(12)16-7-4-10-19-16/h2-10H,1H3. The summed E-state index contributed by atoms with van der Waals surface area (Å²) in [4.78, 5) is 12.3. The molecular weight excluding hydrogens is 256 g/mol. The summed E-state index contributed by atoms with van der Waals surface area (Å²) in [6.45, 7) is 1.42. The third-order valence-corrected chi connectivity index (χ3v) is 3.83. The maximum Gasteiger partial charge on any atom is 0.308 e. The van der Waals surface area contributed by atoms with E-state index in [9.17, 15) is 4.79 Å². The van der Waals surface area contributed by atoms with Gasteiger partial charge < -0.3 is 4.74 Å². The lowest BCUT2D eigenvalue weighted by Gasteiger charge is -2.04. The highest BCUT2D eigenvalue weighted by Gasteiger charge is 2.15. The average molecular weight is 268 g/mol. The first kappa shape index (κ1) is 11.9. The van der Waals surface area contributed by atoms with Crippen LogP contribution in [0, 0.1) is 0 Å². The Hall–Kier alpha value is -2.13. The minimum Gasteiger partial charge on any atom is -0.426 e. The van der Waals surface area contributed by atoms with E-state index in [1.807, 2.05) is 36.4 Å². The van der Waals surface area contributed by atoms with Crippen LogP contribution in [0.1, 0.15) is 6.92 Å². The molecule has 0 atom stereocenters. The smallest absolute Gasteiger partial charge is 0.308 e. The van der Waals surface area contributed by atoms with E-state index in [4.69, 9.17) is 4.74 Å². The summed E-state index contributed by atoms with van der Waals surface area (Å²) in [5.74, 6) is 0.327. The monoisotopic (exact) mass is 268 g/mol. The van der Waals surface area contributed by atoms with Crippen LogP contribution in [0.5, 0.6) is 5.75 Å². The van der Waals surface area contributed by atoms with E-state index in [0.29, 0.717) is 5.75 Å². The summed E-state index contributed by atoms with van der Waals surface area (Å²) in [6, 6.07) is 16.0. The predicted molar refractivity (Wildman–Crippen MR) is 77.7 cm³/mol. The zero-order valence-electron chi connectivity index (χ0n) is 10.4. The van der Waals surface area contributed by atoms with Gasteiger partial charge >= 0.3 is 5.97 Å². The van der Waals surface area contributed by atoms with Crippen LogP contribution in [0.3, 0.4) is 0 Å². The maximum atomic E-state index is 11.1. The lowest BCUT2D eigenvalue weighted by molar-refractivity contribution is -0.131. The maximum absolute atomic E-state index is 11.1. The Balaban J connectivity index is 2.16. The first-order valence-electron chi connectivity index (χ1n) is 6.00. The molecule has 0 saturated heterocycles. The van der Waals surface area contributed by atoms with Gasteiger partial charge in [0.05, 0.1) is 0 Å². The van der Waals surface area contributed by atoms with Crippen molar-refractivity contribution < 1.29 is 9.53 Å². The summed E-state index contributed by atoms with van der Waals surface area (Å²) < 4.78 is 5.25. The number of hydrogen-bond acceptors (Lipinski definition) is 3. The van der Waals surface area contributed by atoms with Crippen molar-refractivity contribution in [1.82, 2.24) is 0 Å². The number of rotatable bonds is 2. The van der Waals surface area contributed by atoms with Crippen molar-refractivity contribution in [3.05, 3.63) is 53.9 Å². The van der Waals surface area contributed by atoms with E-state index >= 15 is 0 Å². The van der Waals surface area contributed by atoms with Gasteiger partial charge in [0, 0.05) is 17.4 Å². The zero-order chi connectivity index (χ0) is 13.2. The number of carbonyl (C=O) groups excluding carboxylic acids is 1. The molecule has 94 valence electrons. The van der Waals surface area contributed by atoms with Crippen molar-refractivity contribution in [3.8, 4) is 27.3 Å². The molecular formula is C16H12O2S. The summed E-state index contributed by atoms with van der Waals surface area (Å²) in [7, 11) is 0. The van der Waals surface area contributed by atoms with Crippen LogP contribution in [0.2, 0.25) is 0 Å². The van der Waals surface area contributed by atoms with Crippen molar-refractivity contribution in [3.63, 3.8) is 0 Å². The molecule has 1 heterocycles. The third-order valence-electron chi connectivity index (χ3n) is 2.92. The number of hydrogen-bond donors (Lipinski definition) is 0. The Kier molecular flexibility index (Phi) is 3.05. The predicted octanol–water partition coefficient (Wildman–Crippen LogP) is 4.45. The van der Waals surface area contributed by atoms with Crippen molar-refractivity contribution in [2.24, 2.45) is 0 Å². The first-order valence-corrected chi connectivity index (χ1v) is 6.88. The van der Waals surface area contributed by atoms with E-state index in [0.717, 1.165) is 16.7 Å². The van der Waals surface area contributed by atoms with Gasteiger partial charge in [0.2, 0.25) is 0 Å². The van der Waals surface area contributed by atoms with Gasteiger partial charge in [-0.05, 0) is 34.7 Å². The number of thiophene rings is 1. The molecule has 1 aromatic rings. The number of esters is 1. The fraction of sp³-hybridized carbons (Fsp3) is 0.0625. The van der Waals surface area contributed by atoms with E-state index in [-0.39, 0.29) is 5.97 Å². The van der Waals surface area contributed by atoms with Gasteiger partial charge in [-0.15, -0.1) is 11.3 Å². The normalized spacial score (nSPS) is 10.6. The molecule has 3 rings (SSSR count). The fourth-order valence-corrected chi connectivity index (χ4v) is 2.93. The van der Waals surface area contributed by atoms with Crippen LogP contribution in [-0.2, 0) is 4.79 Å². The Morgan fingerprint density at radius 2 is 1.74 bits per heavy atom. The number of fused-ring (bicyclic) bond motifs is 1. The molecule has 2 aliphatic carbocycles. The quantitative estimate of drug-likeness (QED) is 0.642. The van der Waals surface area contributed by atoms with Gasteiger partial charge in [-0.25, -0.2) is 0 Å². The van der Waals surface area contributed by atoms with Crippen LogP contribution in [0.25, 0.3) is 21.6 Å². The summed E-state index contributed by atoms with van der Waals surface area (Å²) >= 11 is 1.70. The Bertz CT molecular complexity index is 686. The summed E-state index contributed by atoms with van der Waals surface area (Å²) in [5.41, 5.74) is 3.22. The molecule has 0 saturated carbocycles. The highest BCUT2D eigenvalue weighted by atomic mass is 32.1. The second-order valence-electron chi connectivity index (χ2n) is 4.23. The molecule has 0 aromatic carbocycles. The lowest BCUT2D eigenvalue weighted by Crippen LogP contribution is -2.00. The van der Waals surface area contributed by atoms with Crippen molar-refractivity contribution in [2.45, 2.75) is 6.92 Å². The van der Waals surface area contributed by atoms with Gasteiger partial charge in [0.25, 0.3) is 0 Å². The molecule has 1 aromatic heterocycles. The second kappa shape index (κ2) is 4.86. The third kappa shape index (κ3) is 2.25. The van der Waals surface area contributed by atoms with Crippen LogP contribution < -0.4 is 4.74 Å². The molecule has 0 amide bonds. The summed E-state index contributed by atoms with van der Waals surface area (Å²) in [5, 5.41) is 2.06. The molecule has 0 unspecified atom stereocenters. The van der Waals surface area contributed by atoms with Gasteiger partial charge in [0.15, 0.2) is 0 Å². The van der Waals surface area contributed by atoms with Gasteiger partial charge in [-0.3, -0.25) is 4.79 Å². The van der Waals surface area contributed by atoms with E-state index < -0.39 is 0 Å². The van der Waals surface area contributed by atoms with E-state index in [1.165, 1.54) is 11.8 Å². The van der Waals surface area contributed by atoms with Gasteiger partial charge in [-0.1, -0.05) is 30.3 Å². The molecule has 0 spiro atoms. The Morgan fingerprint density at radius 1 is 0.947 bits per heavy atom. The molecule has 0 aliphatic heterocycles. The van der Waals surface area contributed by atoms with Crippen LogP contribution in [-0.4, -0.2) is 5.97 Å². The van der Waals surface area contributed by atoms with Gasteiger partial charge in [-0.2, -0.15) is 0 Å². The SMILES string of the molecule is CC(=O)Oc1ccc2c(-c3cccs3)ccccc1-2. The number of ether oxygens (including phenoxy) is 1. The molecule has 19 heavy (non-hydrogen) atoms. The number of carbonyl (C=O) groups is 1. The van der Waals surface area contributed by atoms with Crippen LogP contribution >= 0.6 is 11.3 Å². The Morgan fingerprint density at radius 3 is 2.42 bits per heavy atom. The van der Waals surface area contributed by atoms with Crippen molar-refractivity contribution >= 4 is 17.3 Å². The second-order valence-corrected chi connectivity index (χ2v) is 5.18. The summed E-state index contributed by atoms with van der Waals surface area (Å²) in [6.07, 6.45) is 0. The van der Waals surface area contributed by atoms with Crippen LogP contribution in [0.4, 0.5) is 0 Å². The fourth-order valence-electron chi connectivity index (χ4n) is 2.16. The van der Waals surface area contributed by atoms with E-state index in [1.54, 1.807) is 11.3 Å². The van der Waals surface area contributed by atoms with Crippen molar-refractivity contribution in [1.29, 1.82) is 0 Å². The minimum atomic E-state index is -0.295. The first-order chi connectivity index (χ1) is 9.25. The molecule has 0 fully saturated rings. The molecule has 3 heteroatoms. The topological polar surface area (TPSA) is 26.3 Å². The highest BCUT2D eigenvalue weighted by Crippen LogP contribution is 2.41. The zero-order valence-corrected chi connectivity index (χ0v) is 11.2. The molecule has 0 N–H and O–H groups in total. The van der Waals surface area contributed by atoms with Gasteiger partial charge in [0.1, 0.15) is 5.75 Å².